The van der Waals surface area contributed by atoms with E-state index in [0.29, 0.717) is 43.1 Å². The molecular weight excluding hydrogens is 604 g/mol. The van der Waals surface area contributed by atoms with E-state index < -0.39 is 5.91 Å². The first-order valence-corrected chi connectivity index (χ1v) is 15.8. The Bertz CT molecular complexity index is 1970. The molecular formula is C39H40N4O5. The van der Waals surface area contributed by atoms with Crippen LogP contribution in [0.4, 0.5) is 17.1 Å². The fraction of sp³-hybridized carbons (Fsp3) is 0.282. The zero-order chi connectivity index (χ0) is 34.6. The number of nitrogens with zero attached hydrogens (tertiary/aromatic N) is 2. The number of hydrogen-bond acceptors (Lipinski definition) is 6. The predicted octanol–water partition coefficient (Wildman–Crippen LogP) is 5.87. The second-order valence-corrected chi connectivity index (χ2v) is 13.0. The van der Waals surface area contributed by atoms with Gasteiger partial charge in [0.1, 0.15) is 5.69 Å². The molecule has 9 heteroatoms. The van der Waals surface area contributed by atoms with Crippen molar-refractivity contribution in [3.63, 3.8) is 0 Å². The highest BCUT2D eigenvalue weighted by atomic mass is 16.5. The lowest BCUT2D eigenvalue weighted by atomic mass is 9.86. The molecule has 246 valence electrons. The van der Waals surface area contributed by atoms with E-state index in [-0.39, 0.29) is 40.5 Å². The van der Waals surface area contributed by atoms with Crippen LogP contribution in [0.1, 0.15) is 58.2 Å². The number of benzene rings is 3. The third-order valence-corrected chi connectivity index (χ3v) is 8.58. The van der Waals surface area contributed by atoms with Gasteiger partial charge in [0.2, 0.25) is 0 Å². The monoisotopic (exact) mass is 644 g/mol. The highest BCUT2D eigenvalue weighted by Gasteiger charge is 2.21. The molecule has 0 radical (unpaired) electrons. The topological polar surface area (TPSA) is 110 Å². The molecule has 0 aliphatic carbocycles. The van der Waals surface area contributed by atoms with Gasteiger partial charge in [0.15, 0.2) is 5.78 Å². The molecule has 0 bridgehead atoms. The van der Waals surface area contributed by atoms with E-state index in [1.165, 1.54) is 10.1 Å². The minimum absolute atomic E-state index is 0.00129. The Balaban J connectivity index is 1.44. The number of carbonyl (C=O) groups excluding carboxylic acids is 3. The van der Waals surface area contributed by atoms with Crippen molar-refractivity contribution in [3.8, 4) is 23.5 Å². The molecule has 4 aromatic rings. The van der Waals surface area contributed by atoms with Crippen molar-refractivity contribution >= 4 is 34.7 Å². The summed E-state index contributed by atoms with van der Waals surface area (Å²) in [6, 6.07) is 20.2. The number of nitrogens with one attached hydrogen (secondary N) is 2. The summed E-state index contributed by atoms with van der Waals surface area (Å²) in [5.74, 6) is 1.16. The van der Waals surface area contributed by atoms with Crippen LogP contribution in [0, 0.1) is 19.3 Å². The molecule has 1 aromatic heterocycles. The van der Waals surface area contributed by atoms with Gasteiger partial charge in [0.05, 0.1) is 24.6 Å². The number of morpholine rings is 1. The number of rotatable bonds is 8. The van der Waals surface area contributed by atoms with Gasteiger partial charge in [-0.25, -0.2) is 0 Å². The molecule has 3 aromatic carbocycles. The Morgan fingerprint density at radius 1 is 0.917 bits per heavy atom. The maximum Gasteiger partial charge on any atom is 0.300 e. The summed E-state index contributed by atoms with van der Waals surface area (Å²) in [7, 11) is 1.66. The lowest BCUT2D eigenvalue weighted by Gasteiger charge is -2.27. The van der Waals surface area contributed by atoms with Crippen molar-refractivity contribution in [2.75, 3.05) is 36.9 Å². The second-order valence-electron chi connectivity index (χ2n) is 13.0. The molecule has 2 amide bonds. The van der Waals surface area contributed by atoms with Gasteiger partial charge in [-0.15, -0.1) is 6.42 Å². The van der Waals surface area contributed by atoms with Crippen molar-refractivity contribution in [1.82, 2.24) is 9.47 Å². The molecule has 1 aliphatic rings. The van der Waals surface area contributed by atoms with E-state index in [0.717, 1.165) is 22.3 Å². The smallest absolute Gasteiger partial charge is 0.300 e. The molecule has 2 heterocycles. The van der Waals surface area contributed by atoms with Crippen molar-refractivity contribution in [2.24, 2.45) is 7.05 Å². The minimum atomic E-state index is -0.692. The Morgan fingerprint density at radius 2 is 1.60 bits per heavy atom. The number of pyridine rings is 1. The zero-order valence-electron chi connectivity index (χ0n) is 28.0. The first-order valence-electron chi connectivity index (χ1n) is 15.8. The van der Waals surface area contributed by atoms with Crippen LogP contribution in [0.15, 0.2) is 77.7 Å². The van der Waals surface area contributed by atoms with Crippen molar-refractivity contribution in [1.29, 1.82) is 0 Å². The summed E-state index contributed by atoms with van der Waals surface area (Å²) in [5.41, 5.74) is 6.23. The molecule has 48 heavy (non-hydrogen) atoms. The standard InChI is InChI=1S/C39H40N4O5/c1-7-36(45)41-33-21-28(37(46)43-17-19-48-20-18-43)13-16-32(33)40-34-22-29(24-42(6)38(34)47)31-10-8-9-27(25(31)2)23-35(44)26-11-14-30(15-12-26)39(3,4)5/h1,8-16,21-22,24,40H,17-20,23H2,2-6H3,(H,41,45). The normalized spacial score (nSPS) is 13.0. The highest BCUT2D eigenvalue weighted by Crippen LogP contribution is 2.31. The van der Waals surface area contributed by atoms with Crippen LogP contribution in [-0.4, -0.2) is 53.4 Å². The SMILES string of the molecule is C#CC(=O)Nc1cc(C(=O)N2CCOCC2)ccc1Nc1cc(-c2cccc(CC(=O)c3ccc(C(C)(C)C)cc3)c2C)cn(C)c1=O. The van der Waals surface area contributed by atoms with E-state index in [2.05, 4.69) is 31.4 Å². The maximum absolute atomic E-state index is 13.3. The van der Waals surface area contributed by atoms with E-state index in [1.54, 1.807) is 42.4 Å². The van der Waals surface area contributed by atoms with Crippen molar-refractivity contribution in [2.45, 2.75) is 39.5 Å². The Hall–Kier alpha value is -5.46. The Morgan fingerprint density at radius 3 is 2.27 bits per heavy atom. The number of Topliss-reactive ketones (excluding diaryl/α,β-unsaturated/α-hetero) is 1. The number of ether oxygens (including phenoxy) is 1. The van der Waals surface area contributed by atoms with Gasteiger partial charge in [0.25, 0.3) is 17.4 Å². The van der Waals surface area contributed by atoms with Crippen LogP contribution in [0.3, 0.4) is 0 Å². The third-order valence-electron chi connectivity index (χ3n) is 8.58. The van der Waals surface area contributed by atoms with Crippen LogP contribution in [0.2, 0.25) is 0 Å². The number of terminal acetylenes is 1. The van der Waals surface area contributed by atoms with Crippen LogP contribution in [0.5, 0.6) is 0 Å². The van der Waals surface area contributed by atoms with Crippen LogP contribution < -0.4 is 16.2 Å². The van der Waals surface area contributed by atoms with Gasteiger partial charge in [-0.05, 0) is 64.8 Å². The zero-order valence-corrected chi connectivity index (χ0v) is 28.0. The second kappa shape index (κ2) is 14.1. The molecule has 0 spiro atoms. The van der Waals surface area contributed by atoms with E-state index >= 15 is 0 Å². The Kier molecular flexibility index (Phi) is 9.97. The van der Waals surface area contributed by atoms with Crippen LogP contribution in [-0.2, 0) is 28.4 Å². The van der Waals surface area contributed by atoms with E-state index in [1.807, 2.05) is 55.3 Å². The number of anilines is 3. The number of hydrogen-bond donors (Lipinski definition) is 2. The van der Waals surface area contributed by atoms with Gasteiger partial charge in [-0.3, -0.25) is 19.2 Å². The van der Waals surface area contributed by atoms with Crippen molar-refractivity contribution < 1.29 is 19.1 Å². The molecule has 2 N–H and O–H groups in total. The molecule has 0 saturated carbocycles. The van der Waals surface area contributed by atoms with Crippen LogP contribution in [0.25, 0.3) is 11.1 Å². The molecule has 1 saturated heterocycles. The summed E-state index contributed by atoms with van der Waals surface area (Å²) < 4.78 is 6.83. The molecule has 0 atom stereocenters. The number of amides is 2. The van der Waals surface area contributed by atoms with Crippen LogP contribution >= 0.6 is 0 Å². The van der Waals surface area contributed by atoms with E-state index in [4.69, 9.17) is 11.2 Å². The van der Waals surface area contributed by atoms with Gasteiger partial charge in [-0.2, -0.15) is 0 Å². The maximum atomic E-state index is 13.3. The average Bonchev–Trinajstić information content (AvgIpc) is 3.08. The molecule has 1 aliphatic heterocycles. The van der Waals surface area contributed by atoms with Gasteiger partial charge in [0, 0.05) is 49.4 Å². The largest absolute Gasteiger partial charge is 0.378 e. The predicted molar refractivity (Wildman–Crippen MR) is 189 cm³/mol. The summed E-state index contributed by atoms with van der Waals surface area (Å²) in [5, 5.41) is 5.80. The first kappa shape index (κ1) is 33.9. The lowest BCUT2D eigenvalue weighted by Crippen LogP contribution is -2.40. The molecule has 0 unspecified atom stereocenters. The number of carbonyl (C=O) groups is 3. The number of aromatic nitrogens is 1. The Labute approximate surface area is 280 Å². The van der Waals surface area contributed by atoms with Gasteiger partial charge in [-0.1, -0.05) is 63.2 Å². The molecule has 5 rings (SSSR count). The average molecular weight is 645 g/mol. The number of aryl methyl sites for hydroxylation is 1. The third kappa shape index (κ3) is 7.56. The lowest BCUT2D eigenvalue weighted by molar-refractivity contribution is -0.111. The number of ketones is 1. The van der Waals surface area contributed by atoms with Gasteiger partial charge < -0.3 is 24.8 Å². The fourth-order valence-electron chi connectivity index (χ4n) is 5.71. The molecule has 9 nitrogen and oxygen atoms in total. The summed E-state index contributed by atoms with van der Waals surface area (Å²) in [6.45, 7) is 10.2. The van der Waals surface area contributed by atoms with E-state index in [9.17, 15) is 19.2 Å². The highest BCUT2D eigenvalue weighted by molar-refractivity contribution is 6.07. The first-order chi connectivity index (χ1) is 22.8. The molecule has 1 fully saturated rings. The summed E-state index contributed by atoms with van der Waals surface area (Å²) in [4.78, 5) is 53.7. The fourth-order valence-corrected chi connectivity index (χ4v) is 5.71. The minimum Gasteiger partial charge on any atom is -0.378 e. The quantitative estimate of drug-likeness (QED) is 0.183. The summed E-state index contributed by atoms with van der Waals surface area (Å²) >= 11 is 0. The summed E-state index contributed by atoms with van der Waals surface area (Å²) in [6.07, 6.45) is 7.31. The van der Waals surface area contributed by atoms with Gasteiger partial charge >= 0.3 is 0 Å². The van der Waals surface area contributed by atoms with Crippen molar-refractivity contribution in [3.05, 3.63) is 111 Å².